The summed E-state index contributed by atoms with van der Waals surface area (Å²) in [5.41, 5.74) is 2.44. The number of amides is 1. The van der Waals surface area contributed by atoms with Gasteiger partial charge in [0.1, 0.15) is 17.5 Å². The number of aryl methyl sites for hydroxylation is 1. The number of nitrogens with two attached hydrogens (primary N) is 1. The van der Waals surface area contributed by atoms with Gasteiger partial charge >= 0.3 is 0 Å². The largest absolute Gasteiger partial charge is 0.361 e. The van der Waals surface area contributed by atoms with Gasteiger partial charge in [-0.25, -0.2) is 15.8 Å². The van der Waals surface area contributed by atoms with Crippen LogP contribution >= 0.6 is 0 Å². The van der Waals surface area contributed by atoms with Crippen molar-refractivity contribution in [3.05, 3.63) is 11.9 Å². The summed E-state index contributed by atoms with van der Waals surface area (Å²) in [5.74, 6) is 6.94. The number of hydrogen-bond acceptors (Lipinski definition) is 6. The number of hydrogen-bond donors (Lipinski definition) is 3. The lowest BCUT2D eigenvalue weighted by atomic mass is 10.4. The molecule has 0 saturated carbocycles. The van der Waals surface area contributed by atoms with Gasteiger partial charge in [0.15, 0.2) is 0 Å². The van der Waals surface area contributed by atoms with Crippen LogP contribution in [0.1, 0.15) is 12.7 Å². The van der Waals surface area contributed by atoms with Crippen LogP contribution in [-0.4, -0.2) is 40.9 Å². The Morgan fingerprint density at radius 2 is 2.12 bits per heavy atom. The summed E-state index contributed by atoms with van der Waals surface area (Å²) in [4.78, 5) is 21.4. The van der Waals surface area contributed by atoms with Crippen LogP contribution in [0.5, 0.6) is 0 Å². The number of nitrogen functional groups attached to an aromatic ring is 1. The van der Waals surface area contributed by atoms with Crippen LogP contribution in [0.2, 0.25) is 0 Å². The van der Waals surface area contributed by atoms with E-state index in [0.29, 0.717) is 24.0 Å². The number of carbonyl (C=O) groups is 1. The molecule has 0 fully saturated rings. The minimum absolute atomic E-state index is 0.00558. The Morgan fingerprint density at radius 3 is 2.71 bits per heavy atom. The van der Waals surface area contributed by atoms with E-state index in [9.17, 15) is 4.79 Å². The van der Waals surface area contributed by atoms with Crippen LogP contribution in [0, 0.1) is 6.92 Å². The van der Waals surface area contributed by atoms with Crippen LogP contribution in [0.3, 0.4) is 0 Å². The standard InChI is InChI=1S/C10H18N6O/c1-4-16(3)10(17)6-12-8-5-9(15-11)14-7(2)13-8/h5H,4,6,11H2,1-3H3,(H2,12,13,14,15). The first kappa shape index (κ1) is 13.2. The molecule has 0 radical (unpaired) electrons. The molecule has 0 aliphatic rings. The van der Waals surface area contributed by atoms with Crippen LogP contribution in [0.25, 0.3) is 0 Å². The van der Waals surface area contributed by atoms with Gasteiger partial charge in [-0.05, 0) is 13.8 Å². The van der Waals surface area contributed by atoms with Gasteiger partial charge in [-0.3, -0.25) is 4.79 Å². The van der Waals surface area contributed by atoms with Crippen molar-refractivity contribution in [2.45, 2.75) is 13.8 Å². The van der Waals surface area contributed by atoms with Crippen LogP contribution in [0.4, 0.5) is 11.6 Å². The molecule has 0 saturated heterocycles. The van der Waals surface area contributed by atoms with E-state index in [-0.39, 0.29) is 12.5 Å². The molecule has 0 atom stereocenters. The molecular formula is C10H18N6O. The lowest BCUT2D eigenvalue weighted by Crippen LogP contribution is -2.32. The predicted molar refractivity (Wildman–Crippen MR) is 66.4 cm³/mol. The fourth-order valence-electron chi connectivity index (χ4n) is 1.21. The van der Waals surface area contributed by atoms with Gasteiger partial charge in [0.25, 0.3) is 0 Å². The minimum Gasteiger partial charge on any atom is -0.361 e. The Balaban J connectivity index is 2.63. The van der Waals surface area contributed by atoms with E-state index < -0.39 is 0 Å². The van der Waals surface area contributed by atoms with E-state index in [1.54, 1.807) is 24.9 Å². The van der Waals surface area contributed by atoms with E-state index in [1.165, 1.54) is 0 Å². The second kappa shape index (κ2) is 6.00. The second-order valence-corrected chi connectivity index (χ2v) is 3.59. The van der Waals surface area contributed by atoms with Crippen molar-refractivity contribution in [2.75, 3.05) is 30.9 Å². The van der Waals surface area contributed by atoms with Gasteiger partial charge in [-0.15, -0.1) is 0 Å². The molecule has 17 heavy (non-hydrogen) atoms. The topological polar surface area (TPSA) is 96.2 Å². The third-order valence-corrected chi connectivity index (χ3v) is 2.31. The molecule has 4 N–H and O–H groups in total. The molecule has 1 aromatic rings. The normalized spacial score (nSPS) is 9.88. The number of aromatic nitrogens is 2. The molecular weight excluding hydrogens is 220 g/mol. The quantitative estimate of drug-likeness (QED) is 0.492. The van der Waals surface area contributed by atoms with Gasteiger partial charge in [-0.2, -0.15) is 0 Å². The van der Waals surface area contributed by atoms with E-state index in [0.717, 1.165) is 0 Å². The molecule has 7 nitrogen and oxygen atoms in total. The molecule has 0 unspecified atom stereocenters. The van der Waals surface area contributed by atoms with Crippen molar-refractivity contribution in [3.8, 4) is 0 Å². The third kappa shape index (κ3) is 3.87. The number of likely N-dealkylation sites (N-methyl/N-ethyl adjacent to an activating group) is 1. The Bertz CT molecular complexity index is 394. The number of rotatable bonds is 5. The van der Waals surface area contributed by atoms with Crippen molar-refractivity contribution >= 4 is 17.5 Å². The predicted octanol–water partition coefficient (Wildman–Crippen LogP) is -0.0392. The molecule has 1 heterocycles. The van der Waals surface area contributed by atoms with Crippen molar-refractivity contribution in [1.29, 1.82) is 0 Å². The maximum absolute atomic E-state index is 11.6. The first-order chi connectivity index (χ1) is 8.06. The van der Waals surface area contributed by atoms with Gasteiger partial charge < -0.3 is 15.6 Å². The van der Waals surface area contributed by atoms with Gasteiger partial charge in [0.05, 0.1) is 6.54 Å². The highest BCUT2D eigenvalue weighted by Crippen LogP contribution is 2.09. The Kier molecular flexibility index (Phi) is 4.65. The molecule has 0 bridgehead atoms. The molecule has 94 valence electrons. The summed E-state index contributed by atoms with van der Waals surface area (Å²) >= 11 is 0. The fourth-order valence-corrected chi connectivity index (χ4v) is 1.21. The summed E-state index contributed by atoms with van der Waals surface area (Å²) in [5, 5.41) is 2.94. The SMILES string of the molecule is CCN(C)C(=O)CNc1cc(NN)nc(C)n1. The molecule has 0 spiro atoms. The number of nitrogens with zero attached hydrogens (tertiary/aromatic N) is 3. The summed E-state index contributed by atoms with van der Waals surface area (Å²) in [6, 6.07) is 1.65. The molecule has 7 heteroatoms. The smallest absolute Gasteiger partial charge is 0.241 e. The number of hydrazine groups is 1. The minimum atomic E-state index is 0.00558. The highest BCUT2D eigenvalue weighted by atomic mass is 16.2. The number of nitrogens with one attached hydrogen (secondary N) is 2. The summed E-state index contributed by atoms with van der Waals surface area (Å²) in [6.45, 7) is 4.55. The molecule has 0 aliphatic carbocycles. The van der Waals surface area contributed by atoms with Crippen LogP contribution in [-0.2, 0) is 4.79 Å². The van der Waals surface area contributed by atoms with Crippen molar-refractivity contribution in [2.24, 2.45) is 5.84 Å². The van der Waals surface area contributed by atoms with Crippen molar-refractivity contribution in [3.63, 3.8) is 0 Å². The monoisotopic (exact) mass is 238 g/mol. The summed E-state index contributed by atoms with van der Waals surface area (Å²) in [6.07, 6.45) is 0. The maximum atomic E-state index is 11.6. The highest BCUT2D eigenvalue weighted by Gasteiger charge is 2.07. The van der Waals surface area contributed by atoms with E-state index >= 15 is 0 Å². The molecule has 0 aromatic carbocycles. The van der Waals surface area contributed by atoms with Gasteiger partial charge in [0.2, 0.25) is 5.91 Å². The number of anilines is 2. The molecule has 1 aromatic heterocycles. The summed E-state index contributed by atoms with van der Waals surface area (Å²) in [7, 11) is 1.75. The second-order valence-electron chi connectivity index (χ2n) is 3.59. The van der Waals surface area contributed by atoms with Crippen LogP contribution in [0.15, 0.2) is 6.07 Å². The Hall–Kier alpha value is -1.89. The van der Waals surface area contributed by atoms with E-state index in [4.69, 9.17) is 5.84 Å². The average Bonchev–Trinajstić information content (AvgIpc) is 2.34. The van der Waals surface area contributed by atoms with Gasteiger partial charge in [0, 0.05) is 19.7 Å². The number of carbonyl (C=O) groups excluding carboxylic acids is 1. The van der Waals surface area contributed by atoms with Crippen LogP contribution < -0.4 is 16.6 Å². The Morgan fingerprint density at radius 1 is 1.47 bits per heavy atom. The van der Waals surface area contributed by atoms with E-state index in [2.05, 4.69) is 20.7 Å². The van der Waals surface area contributed by atoms with Crippen molar-refractivity contribution in [1.82, 2.24) is 14.9 Å². The summed E-state index contributed by atoms with van der Waals surface area (Å²) < 4.78 is 0. The van der Waals surface area contributed by atoms with E-state index in [1.807, 2.05) is 6.92 Å². The maximum Gasteiger partial charge on any atom is 0.241 e. The third-order valence-electron chi connectivity index (χ3n) is 2.31. The molecule has 0 aliphatic heterocycles. The first-order valence-electron chi connectivity index (χ1n) is 5.37. The molecule has 1 amide bonds. The van der Waals surface area contributed by atoms with Gasteiger partial charge in [-0.1, -0.05) is 0 Å². The van der Waals surface area contributed by atoms with Crippen molar-refractivity contribution < 1.29 is 4.79 Å². The zero-order valence-electron chi connectivity index (χ0n) is 10.3. The zero-order chi connectivity index (χ0) is 12.8. The average molecular weight is 238 g/mol. The Labute approximate surface area is 100 Å². The highest BCUT2D eigenvalue weighted by molar-refractivity contribution is 5.80. The lowest BCUT2D eigenvalue weighted by Gasteiger charge is -2.15. The lowest BCUT2D eigenvalue weighted by molar-refractivity contribution is -0.127. The first-order valence-corrected chi connectivity index (χ1v) is 5.37. The zero-order valence-corrected chi connectivity index (χ0v) is 10.3. The molecule has 1 rings (SSSR count). The fraction of sp³-hybridized carbons (Fsp3) is 0.500.